The molecule has 0 aliphatic heterocycles. The Morgan fingerprint density at radius 1 is 0.968 bits per heavy atom. The van der Waals surface area contributed by atoms with Crippen molar-refractivity contribution in [2.24, 2.45) is 0 Å². The van der Waals surface area contributed by atoms with E-state index in [-0.39, 0.29) is 0 Å². The molecule has 0 saturated carbocycles. The molecule has 31 heavy (non-hydrogen) atoms. The van der Waals surface area contributed by atoms with Crippen LogP contribution < -0.4 is 9.47 Å². The molecule has 0 bridgehead atoms. The average molecular weight is 449 g/mol. The summed E-state index contributed by atoms with van der Waals surface area (Å²) in [4.78, 5) is 0. The van der Waals surface area contributed by atoms with Crippen LogP contribution in [0.5, 0.6) is 17.2 Å². The highest BCUT2D eigenvalue weighted by molar-refractivity contribution is 7.53. The van der Waals surface area contributed by atoms with E-state index in [4.69, 9.17) is 18.5 Å². The molecule has 2 aromatic carbocycles. The molecule has 2 aromatic rings. The fourth-order valence-corrected chi connectivity index (χ4v) is 5.35. The number of ether oxygens (including phenoxy) is 2. The van der Waals surface area contributed by atoms with Crippen molar-refractivity contribution in [3.05, 3.63) is 52.6 Å². The SMILES string of the molecule is CCOP(=O)(CCCc1cc(C)c(Oc2ccc(OC)cc2C(C)C)c(C)c1)OCC. The maximum atomic E-state index is 12.7. The average Bonchev–Trinajstić information content (AvgIpc) is 2.71. The molecule has 0 radical (unpaired) electrons. The van der Waals surface area contributed by atoms with Gasteiger partial charge in [0, 0.05) is 5.56 Å². The Hall–Kier alpha value is -1.81. The smallest absolute Gasteiger partial charge is 0.330 e. The van der Waals surface area contributed by atoms with Crippen LogP contribution in [0.15, 0.2) is 30.3 Å². The minimum absolute atomic E-state index is 0.316. The fourth-order valence-electron chi connectivity index (χ4n) is 3.69. The molecule has 2 rings (SSSR count). The van der Waals surface area contributed by atoms with Gasteiger partial charge in [-0.3, -0.25) is 4.57 Å². The third kappa shape index (κ3) is 7.10. The second-order valence-electron chi connectivity index (χ2n) is 7.99. The molecule has 5 nitrogen and oxygen atoms in total. The number of hydrogen-bond acceptors (Lipinski definition) is 5. The van der Waals surface area contributed by atoms with E-state index in [1.807, 2.05) is 32.0 Å². The minimum Gasteiger partial charge on any atom is -0.497 e. The molecule has 0 aliphatic rings. The standard InChI is InChI=1S/C25H37O5P/c1-8-28-31(26,29-9-2)14-10-11-21-15-19(5)25(20(6)16-21)30-24-13-12-22(27-7)17-23(24)18(3)4/h12-13,15-18H,8-11,14H2,1-7H3. The molecule has 0 N–H and O–H groups in total. The van der Waals surface area contributed by atoms with Crippen LogP contribution in [0, 0.1) is 13.8 Å². The third-order valence-electron chi connectivity index (χ3n) is 5.12. The Kier molecular flexibility index (Phi) is 9.61. The topological polar surface area (TPSA) is 54.0 Å². The van der Waals surface area contributed by atoms with Crippen LogP contribution in [0.2, 0.25) is 0 Å². The van der Waals surface area contributed by atoms with Gasteiger partial charge in [0.15, 0.2) is 0 Å². The minimum atomic E-state index is -2.99. The van der Waals surface area contributed by atoms with Crippen molar-refractivity contribution in [2.45, 2.75) is 60.3 Å². The summed E-state index contributed by atoms with van der Waals surface area (Å²) in [7, 11) is -1.32. The lowest BCUT2D eigenvalue weighted by Crippen LogP contribution is -2.02. The molecule has 0 aliphatic carbocycles. The van der Waals surface area contributed by atoms with Gasteiger partial charge in [-0.1, -0.05) is 26.0 Å². The summed E-state index contributed by atoms with van der Waals surface area (Å²) >= 11 is 0. The quantitative estimate of drug-likeness (QED) is 0.316. The second-order valence-corrected chi connectivity index (χ2v) is 10.2. The second kappa shape index (κ2) is 11.7. The zero-order valence-electron chi connectivity index (χ0n) is 20.0. The highest BCUT2D eigenvalue weighted by Crippen LogP contribution is 2.48. The Morgan fingerprint density at radius 2 is 1.58 bits per heavy atom. The fraction of sp³-hybridized carbons (Fsp3) is 0.520. The lowest BCUT2D eigenvalue weighted by molar-refractivity contribution is 0.220. The number of methoxy groups -OCH3 is 1. The zero-order chi connectivity index (χ0) is 23.0. The van der Waals surface area contributed by atoms with E-state index in [0.717, 1.165) is 46.8 Å². The van der Waals surface area contributed by atoms with E-state index >= 15 is 0 Å². The van der Waals surface area contributed by atoms with Crippen molar-refractivity contribution < 1.29 is 23.1 Å². The van der Waals surface area contributed by atoms with Gasteiger partial charge >= 0.3 is 7.60 Å². The Labute approximate surface area is 187 Å². The molecule has 0 unspecified atom stereocenters. The molecule has 0 aromatic heterocycles. The molecule has 0 spiro atoms. The van der Waals surface area contributed by atoms with Crippen molar-refractivity contribution in [1.82, 2.24) is 0 Å². The van der Waals surface area contributed by atoms with Crippen LogP contribution in [-0.4, -0.2) is 26.5 Å². The predicted octanol–water partition coefficient (Wildman–Crippen LogP) is 7.43. The summed E-state index contributed by atoms with van der Waals surface area (Å²) in [5.74, 6) is 2.88. The first kappa shape index (κ1) is 25.5. The summed E-state index contributed by atoms with van der Waals surface area (Å²) in [6.07, 6.45) is 1.98. The van der Waals surface area contributed by atoms with Gasteiger partial charge in [-0.05, 0) is 81.3 Å². The molecule has 0 saturated heterocycles. The van der Waals surface area contributed by atoms with Crippen LogP contribution in [0.4, 0.5) is 0 Å². The molecular formula is C25H37O5P. The van der Waals surface area contributed by atoms with Crippen molar-refractivity contribution in [2.75, 3.05) is 26.5 Å². The van der Waals surface area contributed by atoms with E-state index in [1.165, 1.54) is 5.56 Å². The first-order valence-corrected chi connectivity index (χ1v) is 12.8. The molecule has 0 heterocycles. The Morgan fingerprint density at radius 3 is 2.10 bits per heavy atom. The highest BCUT2D eigenvalue weighted by atomic mass is 31.2. The van der Waals surface area contributed by atoms with Crippen LogP contribution in [-0.2, 0) is 20.0 Å². The lowest BCUT2D eigenvalue weighted by Gasteiger charge is -2.19. The predicted molar refractivity (Wildman–Crippen MR) is 127 cm³/mol. The lowest BCUT2D eigenvalue weighted by atomic mass is 10.0. The summed E-state index contributed by atoms with van der Waals surface area (Å²) < 4.78 is 35.2. The monoisotopic (exact) mass is 448 g/mol. The van der Waals surface area contributed by atoms with E-state index in [0.29, 0.717) is 25.3 Å². The van der Waals surface area contributed by atoms with Gasteiger partial charge in [0.2, 0.25) is 0 Å². The van der Waals surface area contributed by atoms with E-state index in [2.05, 4.69) is 39.8 Å². The van der Waals surface area contributed by atoms with E-state index < -0.39 is 7.60 Å². The summed E-state index contributed by atoms with van der Waals surface area (Å²) in [5, 5.41) is 0. The number of aryl methyl sites for hydroxylation is 3. The molecule has 0 fully saturated rings. The maximum absolute atomic E-state index is 12.7. The first-order chi connectivity index (χ1) is 14.7. The normalized spacial score (nSPS) is 11.7. The van der Waals surface area contributed by atoms with Crippen LogP contribution in [0.3, 0.4) is 0 Å². The van der Waals surface area contributed by atoms with E-state index in [1.54, 1.807) is 7.11 Å². The van der Waals surface area contributed by atoms with Gasteiger partial charge in [0.25, 0.3) is 0 Å². The first-order valence-electron chi connectivity index (χ1n) is 11.1. The van der Waals surface area contributed by atoms with Gasteiger partial charge in [0.05, 0.1) is 26.5 Å². The van der Waals surface area contributed by atoms with Gasteiger partial charge in [-0.25, -0.2) is 0 Å². The summed E-state index contributed by atoms with van der Waals surface area (Å²) in [6, 6.07) is 10.2. The van der Waals surface area contributed by atoms with Crippen LogP contribution >= 0.6 is 7.60 Å². The maximum Gasteiger partial charge on any atom is 0.330 e. The Bertz CT molecular complexity index is 874. The molecule has 6 heteroatoms. The van der Waals surface area contributed by atoms with Gasteiger partial charge in [-0.2, -0.15) is 0 Å². The van der Waals surface area contributed by atoms with Crippen LogP contribution in [0.1, 0.15) is 62.3 Å². The Balaban J connectivity index is 2.15. The van der Waals surface area contributed by atoms with Crippen LogP contribution in [0.25, 0.3) is 0 Å². The summed E-state index contributed by atoms with van der Waals surface area (Å²) in [6.45, 7) is 12.9. The molecular weight excluding hydrogens is 411 g/mol. The molecule has 172 valence electrons. The molecule has 0 amide bonds. The number of hydrogen-bond donors (Lipinski definition) is 0. The van der Waals surface area contributed by atoms with Crippen molar-refractivity contribution in [3.63, 3.8) is 0 Å². The third-order valence-corrected chi connectivity index (χ3v) is 7.29. The number of benzene rings is 2. The van der Waals surface area contributed by atoms with Crippen molar-refractivity contribution in [1.29, 1.82) is 0 Å². The largest absolute Gasteiger partial charge is 0.497 e. The van der Waals surface area contributed by atoms with Gasteiger partial charge in [-0.15, -0.1) is 0 Å². The van der Waals surface area contributed by atoms with E-state index in [9.17, 15) is 4.57 Å². The summed E-state index contributed by atoms with van der Waals surface area (Å²) in [5.41, 5.74) is 4.47. The highest BCUT2D eigenvalue weighted by Gasteiger charge is 2.22. The van der Waals surface area contributed by atoms with Gasteiger partial charge in [0.1, 0.15) is 17.2 Å². The van der Waals surface area contributed by atoms with Gasteiger partial charge < -0.3 is 18.5 Å². The van der Waals surface area contributed by atoms with Crippen molar-refractivity contribution in [3.8, 4) is 17.2 Å². The molecule has 0 atom stereocenters. The van der Waals surface area contributed by atoms with Crippen molar-refractivity contribution >= 4 is 7.60 Å². The zero-order valence-corrected chi connectivity index (χ0v) is 20.9. The number of rotatable bonds is 12.